The van der Waals surface area contributed by atoms with Crippen molar-refractivity contribution in [2.45, 2.75) is 12.8 Å². The Morgan fingerprint density at radius 1 is 1.14 bits per heavy atom. The normalized spacial score (nSPS) is 15.5. The molecule has 4 nitrogen and oxygen atoms in total. The first-order valence-corrected chi connectivity index (χ1v) is 10.7. The predicted molar refractivity (Wildman–Crippen MR) is 125 cm³/mol. The Labute approximate surface area is 184 Å². The standard InChI is InChI=1S/C22H19ClN2O2S2/c23-17-11-4-5-12-18(17)24-20(26)14-7-15-25-21(27)19(29-22(25)28)13-6-10-16-8-2-1-3-9-16/h1-6,8-13H,7,14-15H2,(H,24,26). The van der Waals surface area contributed by atoms with Crippen LogP contribution >= 0.6 is 35.6 Å². The fourth-order valence-corrected chi connectivity index (χ4v) is 4.13. The van der Waals surface area contributed by atoms with E-state index < -0.39 is 0 Å². The van der Waals surface area contributed by atoms with Crippen LogP contribution in [0.2, 0.25) is 5.02 Å². The molecule has 148 valence electrons. The highest BCUT2D eigenvalue weighted by atomic mass is 35.5. The number of nitrogens with zero attached hydrogens (tertiary/aromatic N) is 1. The minimum Gasteiger partial charge on any atom is -0.325 e. The Balaban J connectivity index is 1.50. The van der Waals surface area contributed by atoms with Crippen LogP contribution in [0.15, 0.2) is 71.7 Å². The van der Waals surface area contributed by atoms with Crippen molar-refractivity contribution in [2.24, 2.45) is 0 Å². The number of rotatable bonds is 7. The van der Waals surface area contributed by atoms with E-state index in [9.17, 15) is 9.59 Å². The van der Waals surface area contributed by atoms with Crippen LogP contribution in [0.1, 0.15) is 18.4 Å². The highest BCUT2D eigenvalue weighted by molar-refractivity contribution is 8.26. The molecule has 29 heavy (non-hydrogen) atoms. The van der Waals surface area contributed by atoms with Gasteiger partial charge >= 0.3 is 0 Å². The number of thiocarbonyl (C=S) groups is 1. The van der Waals surface area contributed by atoms with Gasteiger partial charge in [-0.2, -0.15) is 0 Å². The number of amides is 2. The molecular weight excluding hydrogens is 424 g/mol. The molecule has 0 spiro atoms. The highest BCUT2D eigenvalue weighted by Crippen LogP contribution is 2.31. The lowest BCUT2D eigenvalue weighted by atomic mass is 10.2. The summed E-state index contributed by atoms with van der Waals surface area (Å²) in [6, 6.07) is 16.9. The maximum absolute atomic E-state index is 12.6. The van der Waals surface area contributed by atoms with Gasteiger partial charge in [0.05, 0.1) is 15.6 Å². The van der Waals surface area contributed by atoms with Crippen LogP contribution in [0, 0.1) is 0 Å². The zero-order valence-corrected chi connectivity index (χ0v) is 17.9. The maximum atomic E-state index is 12.6. The Hall–Kier alpha value is -2.41. The van der Waals surface area contributed by atoms with Crippen molar-refractivity contribution in [3.05, 3.63) is 82.2 Å². The van der Waals surface area contributed by atoms with E-state index in [2.05, 4.69) is 5.32 Å². The predicted octanol–water partition coefficient (Wildman–Crippen LogP) is 5.52. The van der Waals surface area contributed by atoms with Crippen molar-refractivity contribution in [3.63, 3.8) is 0 Å². The largest absolute Gasteiger partial charge is 0.325 e. The second-order valence-electron chi connectivity index (χ2n) is 6.26. The Morgan fingerprint density at radius 2 is 1.86 bits per heavy atom. The van der Waals surface area contributed by atoms with Gasteiger partial charge in [-0.15, -0.1) is 0 Å². The maximum Gasteiger partial charge on any atom is 0.266 e. The van der Waals surface area contributed by atoms with Gasteiger partial charge in [-0.1, -0.05) is 90.2 Å². The first kappa shape index (κ1) is 21.3. The van der Waals surface area contributed by atoms with Gasteiger partial charge in [-0.25, -0.2) is 0 Å². The fourth-order valence-electron chi connectivity index (χ4n) is 2.69. The minimum atomic E-state index is -0.148. The van der Waals surface area contributed by atoms with Gasteiger partial charge in [0.15, 0.2) is 0 Å². The average molecular weight is 443 g/mol. The Morgan fingerprint density at radius 3 is 2.62 bits per heavy atom. The summed E-state index contributed by atoms with van der Waals surface area (Å²) in [6.07, 6.45) is 6.34. The average Bonchev–Trinajstić information content (AvgIpc) is 2.98. The van der Waals surface area contributed by atoms with Crippen LogP contribution in [0.3, 0.4) is 0 Å². The van der Waals surface area contributed by atoms with Crippen LogP contribution in [0.5, 0.6) is 0 Å². The number of thioether (sulfide) groups is 1. The van der Waals surface area contributed by atoms with Crippen LogP contribution < -0.4 is 5.32 Å². The summed E-state index contributed by atoms with van der Waals surface area (Å²) in [5.74, 6) is -0.269. The molecule has 0 unspecified atom stereocenters. The van der Waals surface area contributed by atoms with Gasteiger partial charge < -0.3 is 5.32 Å². The number of hydrogen-bond acceptors (Lipinski definition) is 4. The molecule has 1 N–H and O–H groups in total. The molecule has 1 aliphatic rings. The molecule has 7 heteroatoms. The molecule has 0 bridgehead atoms. The number of carbonyl (C=O) groups is 2. The number of anilines is 1. The van der Waals surface area contributed by atoms with E-state index in [-0.39, 0.29) is 18.2 Å². The number of nitrogens with one attached hydrogen (secondary N) is 1. The molecular formula is C22H19ClN2O2S2. The number of allylic oxidation sites excluding steroid dienone is 2. The quantitative estimate of drug-likeness (QED) is 0.453. The molecule has 2 aromatic rings. The number of hydrogen-bond donors (Lipinski definition) is 1. The summed E-state index contributed by atoms with van der Waals surface area (Å²) in [4.78, 5) is 26.8. The topological polar surface area (TPSA) is 49.4 Å². The van der Waals surface area contributed by atoms with E-state index in [1.165, 1.54) is 11.8 Å². The number of benzene rings is 2. The monoisotopic (exact) mass is 442 g/mol. The van der Waals surface area contributed by atoms with Gasteiger partial charge in [0.1, 0.15) is 4.32 Å². The lowest BCUT2D eigenvalue weighted by Crippen LogP contribution is -2.29. The first-order valence-electron chi connectivity index (χ1n) is 9.06. The SMILES string of the molecule is O=C(CCCN1C(=O)C(=CC=Cc2ccccc2)SC1=S)Nc1ccccc1Cl. The zero-order chi connectivity index (χ0) is 20.6. The molecule has 0 radical (unpaired) electrons. The molecule has 0 aromatic heterocycles. The van der Waals surface area contributed by atoms with Gasteiger partial charge in [-0.3, -0.25) is 14.5 Å². The summed E-state index contributed by atoms with van der Waals surface area (Å²) in [5.41, 5.74) is 1.64. The molecule has 0 aliphatic carbocycles. The smallest absolute Gasteiger partial charge is 0.266 e. The molecule has 0 atom stereocenters. The van der Waals surface area contributed by atoms with E-state index in [0.29, 0.717) is 32.9 Å². The molecule has 1 aliphatic heterocycles. The van der Waals surface area contributed by atoms with E-state index in [0.717, 1.165) is 5.56 Å². The third kappa shape index (κ3) is 6.03. The Kier molecular flexibility index (Phi) is 7.63. The van der Waals surface area contributed by atoms with Crippen LogP contribution in [0.4, 0.5) is 5.69 Å². The number of carbonyl (C=O) groups excluding carboxylic acids is 2. The first-order chi connectivity index (χ1) is 14.0. The molecule has 3 rings (SSSR count). The summed E-state index contributed by atoms with van der Waals surface area (Å²) < 4.78 is 0.515. The molecule has 2 aromatic carbocycles. The van der Waals surface area contributed by atoms with Crippen LogP contribution in [0.25, 0.3) is 6.08 Å². The second kappa shape index (κ2) is 10.4. The summed E-state index contributed by atoms with van der Waals surface area (Å²) in [7, 11) is 0. The molecule has 1 heterocycles. The second-order valence-corrected chi connectivity index (χ2v) is 8.34. The van der Waals surface area contributed by atoms with Crippen LogP contribution in [-0.2, 0) is 9.59 Å². The molecule has 0 saturated carbocycles. The molecule has 2 amide bonds. The van der Waals surface area contributed by atoms with Crippen molar-refractivity contribution in [3.8, 4) is 0 Å². The van der Waals surface area contributed by atoms with Crippen molar-refractivity contribution in [1.82, 2.24) is 4.90 Å². The van der Waals surface area contributed by atoms with E-state index in [4.69, 9.17) is 23.8 Å². The van der Waals surface area contributed by atoms with Gasteiger partial charge in [0.2, 0.25) is 5.91 Å². The zero-order valence-electron chi connectivity index (χ0n) is 15.5. The molecule has 1 saturated heterocycles. The fraction of sp³-hybridized carbons (Fsp3) is 0.136. The minimum absolute atomic E-state index is 0.121. The number of para-hydroxylation sites is 1. The van der Waals surface area contributed by atoms with Crippen molar-refractivity contribution < 1.29 is 9.59 Å². The lowest BCUT2D eigenvalue weighted by molar-refractivity contribution is -0.122. The van der Waals surface area contributed by atoms with Gasteiger partial charge in [0.25, 0.3) is 5.91 Å². The molecule has 1 fully saturated rings. The third-order valence-corrected chi connectivity index (χ3v) is 5.87. The van der Waals surface area contributed by atoms with Gasteiger partial charge in [-0.05, 0) is 30.2 Å². The summed E-state index contributed by atoms with van der Waals surface area (Å²) in [6.45, 7) is 0.403. The summed E-state index contributed by atoms with van der Waals surface area (Å²) >= 11 is 12.6. The number of halogens is 1. The summed E-state index contributed by atoms with van der Waals surface area (Å²) in [5, 5.41) is 3.27. The van der Waals surface area contributed by atoms with Crippen molar-refractivity contribution >= 4 is 63.5 Å². The van der Waals surface area contributed by atoms with Crippen molar-refractivity contribution in [1.29, 1.82) is 0 Å². The van der Waals surface area contributed by atoms with E-state index >= 15 is 0 Å². The Bertz CT molecular complexity index is 974. The van der Waals surface area contributed by atoms with Crippen molar-refractivity contribution in [2.75, 3.05) is 11.9 Å². The van der Waals surface area contributed by atoms with E-state index in [1.807, 2.05) is 42.5 Å². The lowest BCUT2D eigenvalue weighted by Gasteiger charge is -2.14. The highest BCUT2D eigenvalue weighted by Gasteiger charge is 2.31. The van der Waals surface area contributed by atoms with Gasteiger partial charge in [0, 0.05) is 13.0 Å². The third-order valence-electron chi connectivity index (χ3n) is 4.14. The van der Waals surface area contributed by atoms with E-state index in [1.54, 1.807) is 35.2 Å². The van der Waals surface area contributed by atoms with Crippen LogP contribution in [-0.4, -0.2) is 27.6 Å².